The molecular formula is C23H32N4O5S2. The lowest BCUT2D eigenvalue weighted by Crippen LogP contribution is -2.47. The Bertz CT molecular complexity index is 1310. The third-order valence-corrected chi connectivity index (χ3v) is 8.22. The molecule has 34 heavy (non-hydrogen) atoms. The average Bonchev–Trinajstić information content (AvgIpc) is 2.84. The van der Waals surface area contributed by atoms with Gasteiger partial charge in [-0.05, 0) is 68.7 Å². The van der Waals surface area contributed by atoms with Crippen LogP contribution in [0.25, 0.3) is 10.9 Å². The highest BCUT2D eigenvalue weighted by atomic mass is 32.2. The van der Waals surface area contributed by atoms with Crippen molar-refractivity contribution in [1.82, 2.24) is 19.2 Å². The number of fused-ring (bicyclic) bond motifs is 1. The SMILES string of the molecule is CSCCC(NS(=O)(=O)c1ccc2c(c1)c(=O)n(C)c(=O)n2C)C(=O)NCCC1=CCCCC1. The summed E-state index contributed by atoms with van der Waals surface area (Å²) in [6.45, 7) is 0.461. The van der Waals surface area contributed by atoms with Crippen molar-refractivity contribution in [3.05, 3.63) is 50.7 Å². The lowest BCUT2D eigenvalue weighted by molar-refractivity contribution is -0.122. The van der Waals surface area contributed by atoms with Crippen molar-refractivity contribution in [2.24, 2.45) is 14.1 Å². The maximum atomic E-state index is 13.1. The Morgan fingerprint density at radius 1 is 1.18 bits per heavy atom. The molecule has 0 radical (unpaired) electrons. The van der Waals surface area contributed by atoms with E-state index in [1.807, 2.05) is 6.26 Å². The molecule has 2 aromatic rings. The molecule has 0 saturated heterocycles. The summed E-state index contributed by atoms with van der Waals surface area (Å²) in [7, 11) is -1.23. The van der Waals surface area contributed by atoms with E-state index in [0.717, 1.165) is 23.8 Å². The second-order valence-electron chi connectivity index (χ2n) is 8.49. The van der Waals surface area contributed by atoms with Crippen LogP contribution in [-0.2, 0) is 28.9 Å². The van der Waals surface area contributed by atoms with Crippen LogP contribution in [0.3, 0.4) is 0 Å². The molecule has 0 spiro atoms. The van der Waals surface area contributed by atoms with E-state index < -0.39 is 27.3 Å². The molecule has 0 saturated carbocycles. The summed E-state index contributed by atoms with van der Waals surface area (Å²) >= 11 is 1.52. The molecule has 1 aliphatic rings. The van der Waals surface area contributed by atoms with Gasteiger partial charge >= 0.3 is 5.69 Å². The van der Waals surface area contributed by atoms with Gasteiger partial charge in [0.25, 0.3) is 5.56 Å². The van der Waals surface area contributed by atoms with Gasteiger partial charge in [0.2, 0.25) is 15.9 Å². The first kappa shape index (κ1) is 26.2. The van der Waals surface area contributed by atoms with E-state index in [4.69, 9.17) is 0 Å². The fourth-order valence-electron chi connectivity index (χ4n) is 4.08. The van der Waals surface area contributed by atoms with Gasteiger partial charge in [0, 0.05) is 20.6 Å². The predicted molar refractivity (Wildman–Crippen MR) is 136 cm³/mol. The molecule has 3 rings (SSSR count). The molecule has 1 amide bonds. The van der Waals surface area contributed by atoms with Crippen LogP contribution in [-0.4, -0.2) is 48.1 Å². The predicted octanol–water partition coefficient (Wildman–Crippen LogP) is 1.64. The number of aromatic nitrogens is 2. The number of thioether (sulfide) groups is 1. The molecule has 0 bridgehead atoms. The van der Waals surface area contributed by atoms with Gasteiger partial charge in [0.05, 0.1) is 15.8 Å². The summed E-state index contributed by atoms with van der Waals surface area (Å²) in [6, 6.07) is 3.08. The Morgan fingerprint density at radius 3 is 2.62 bits per heavy atom. The summed E-state index contributed by atoms with van der Waals surface area (Å²) in [4.78, 5) is 37.4. The Balaban J connectivity index is 1.80. The fourth-order valence-corrected chi connectivity index (χ4v) is 5.80. The lowest BCUT2D eigenvalue weighted by atomic mass is 9.97. The molecular weight excluding hydrogens is 476 g/mol. The Kier molecular flexibility index (Phi) is 8.78. The highest BCUT2D eigenvalue weighted by molar-refractivity contribution is 7.98. The van der Waals surface area contributed by atoms with E-state index in [9.17, 15) is 22.8 Å². The van der Waals surface area contributed by atoms with E-state index in [1.54, 1.807) is 0 Å². The number of hydrogen-bond acceptors (Lipinski definition) is 6. The standard InChI is InChI=1S/C23H32N4O5S2/c1-26-20-10-9-17(15-18(20)22(29)27(2)23(26)30)34(31,32)25-19(12-14-33-3)21(28)24-13-11-16-7-5-4-6-8-16/h7,9-10,15,19,25H,4-6,8,11-14H2,1-3H3,(H,24,28). The quantitative estimate of drug-likeness (QED) is 0.471. The number of carbonyl (C=O) groups is 1. The second-order valence-corrected chi connectivity index (χ2v) is 11.2. The number of allylic oxidation sites excluding steroid dienone is 1. The van der Waals surface area contributed by atoms with Crippen molar-refractivity contribution >= 4 is 38.6 Å². The van der Waals surface area contributed by atoms with E-state index in [-0.39, 0.29) is 16.2 Å². The zero-order chi connectivity index (χ0) is 24.9. The van der Waals surface area contributed by atoms with Crippen molar-refractivity contribution < 1.29 is 13.2 Å². The van der Waals surface area contributed by atoms with E-state index in [2.05, 4.69) is 16.1 Å². The number of sulfonamides is 1. The number of amides is 1. The van der Waals surface area contributed by atoms with Crippen LogP contribution in [0.15, 0.2) is 44.3 Å². The van der Waals surface area contributed by atoms with Gasteiger partial charge in [0.15, 0.2) is 0 Å². The maximum absolute atomic E-state index is 13.1. The van der Waals surface area contributed by atoms with Gasteiger partial charge in [-0.15, -0.1) is 0 Å². The number of nitrogens with zero attached hydrogens (tertiary/aromatic N) is 2. The van der Waals surface area contributed by atoms with Crippen LogP contribution in [0, 0.1) is 0 Å². The molecule has 2 N–H and O–H groups in total. The molecule has 0 aliphatic heterocycles. The molecule has 11 heteroatoms. The van der Waals surface area contributed by atoms with Crippen molar-refractivity contribution in [1.29, 1.82) is 0 Å². The first-order chi connectivity index (χ1) is 16.2. The third-order valence-electron chi connectivity index (χ3n) is 6.10. The minimum Gasteiger partial charge on any atom is -0.354 e. The zero-order valence-corrected chi connectivity index (χ0v) is 21.4. The van der Waals surface area contributed by atoms with Gasteiger partial charge in [-0.3, -0.25) is 18.7 Å². The summed E-state index contributed by atoms with van der Waals surface area (Å²) < 4.78 is 31.0. The highest BCUT2D eigenvalue weighted by Gasteiger charge is 2.26. The van der Waals surface area contributed by atoms with Crippen molar-refractivity contribution in [3.8, 4) is 0 Å². The van der Waals surface area contributed by atoms with Gasteiger partial charge in [0.1, 0.15) is 6.04 Å². The Labute approximate surface area is 203 Å². The number of rotatable bonds is 10. The highest BCUT2D eigenvalue weighted by Crippen LogP contribution is 2.20. The monoisotopic (exact) mass is 508 g/mol. The smallest absolute Gasteiger partial charge is 0.330 e. The average molecular weight is 509 g/mol. The number of hydrogen-bond donors (Lipinski definition) is 2. The first-order valence-corrected chi connectivity index (χ1v) is 14.2. The fraction of sp³-hybridized carbons (Fsp3) is 0.522. The molecule has 1 aliphatic carbocycles. The van der Waals surface area contributed by atoms with Crippen molar-refractivity contribution in [3.63, 3.8) is 0 Å². The van der Waals surface area contributed by atoms with Gasteiger partial charge in [-0.25, -0.2) is 13.2 Å². The summed E-state index contributed by atoms with van der Waals surface area (Å²) in [6.07, 6.45) is 9.70. The van der Waals surface area contributed by atoms with Gasteiger partial charge < -0.3 is 5.32 Å². The normalized spacial score (nSPS) is 15.2. The largest absolute Gasteiger partial charge is 0.354 e. The third kappa shape index (κ3) is 6.00. The number of aryl methyl sites for hydroxylation is 1. The van der Waals surface area contributed by atoms with Crippen LogP contribution in [0.2, 0.25) is 0 Å². The molecule has 9 nitrogen and oxygen atoms in total. The molecule has 0 fully saturated rings. The summed E-state index contributed by atoms with van der Waals surface area (Å²) in [5.74, 6) is 0.236. The molecule has 1 aromatic carbocycles. The van der Waals surface area contributed by atoms with Gasteiger partial charge in [-0.2, -0.15) is 16.5 Å². The minimum absolute atomic E-state index is 0.110. The summed E-state index contributed by atoms with van der Waals surface area (Å²) in [5, 5.41) is 2.98. The van der Waals surface area contributed by atoms with E-state index in [0.29, 0.717) is 24.2 Å². The van der Waals surface area contributed by atoms with Gasteiger partial charge in [-0.1, -0.05) is 11.6 Å². The van der Waals surface area contributed by atoms with Crippen molar-refractivity contribution in [2.75, 3.05) is 18.6 Å². The molecule has 1 atom stereocenters. The first-order valence-electron chi connectivity index (χ1n) is 11.3. The maximum Gasteiger partial charge on any atom is 0.330 e. The van der Waals surface area contributed by atoms with Crippen LogP contribution >= 0.6 is 11.8 Å². The second kappa shape index (κ2) is 11.4. The Hall–Kier alpha value is -2.37. The summed E-state index contributed by atoms with van der Waals surface area (Å²) in [5.41, 5.74) is 0.591. The number of nitrogens with one attached hydrogen (secondary N) is 2. The molecule has 186 valence electrons. The van der Waals surface area contributed by atoms with Crippen LogP contribution in [0.1, 0.15) is 38.5 Å². The minimum atomic E-state index is -4.09. The Morgan fingerprint density at radius 2 is 1.94 bits per heavy atom. The number of carbonyl (C=O) groups excluding carboxylic acids is 1. The molecule has 1 heterocycles. The molecule has 1 unspecified atom stereocenters. The number of benzene rings is 1. The topological polar surface area (TPSA) is 119 Å². The van der Waals surface area contributed by atoms with Crippen LogP contribution in [0.5, 0.6) is 0 Å². The van der Waals surface area contributed by atoms with Crippen molar-refractivity contribution in [2.45, 2.75) is 49.5 Å². The van der Waals surface area contributed by atoms with E-state index >= 15 is 0 Å². The van der Waals surface area contributed by atoms with Crippen LogP contribution < -0.4 is 21.3 Å². The van der Waals surface area contributed by atoms with Crippen LogP contribution in [0.4, 0.5) is 0 Å². The molecule has 1 aromatic heterocycles. The van der Waals surface area contributed by atoms with E-state index in [1.165, 1.54) is 67.0 Å². The lowest BCUT2D eigenvalue weighted by Gasteiger charge is -2.19. The zero-order valence-electron chi connectivity index (χ0n) is 19.8.